The Bertz CT molecular complexity index is 558. The molecule has 0 amide bonds. The van der Waals surface area contributed by atoms with E-state index >= 15 is 0 Å². The van der Waals surface area contributed by atoms with Crippen molar-refractivity contribution in [2.24, 2.45) is 5.92 Å². The number of benzene rings is 1. The average Bonchev–Trinajstić information content (AvgIpc) is 2.94. The van der Waals surface area contributed by atoms with Crippen molar-refractivity contribution in [1.29, 1.82) is 0 Å². The van der Waals surface area contributed by atoms with Crippen molar-refractivity contribution < 1.29 is 0 Å². The van der Waals surface area contributed by atoms with Gasteiger partial charge in [-0.25, -0.2) is 4.98 Å². The van der Waals surface area contributed by atoms with Gasteiger partial charge in [0, 0.05) is 19.1 Å². The molecule has 1 saturated carbocycles. The van der Waals surface area contributed by atoms with Crippen molar-refractivity contribution in [1.82, 2.24) is 14.9 Å². The maximum Gasteiger partial charge on any atom is 0.106 e. The predicted molar refractivity (Wildman–Crippen MR) is 79.3 cm³/mol. The van der Waals surface area contributed by atoms with E-state index in [1.165, 1.54) is 24.8 Å². The van der Waals surface area contributed by atoms with Crippen LogP contribution >= 0.6 is 0 Å². The Hall–Kier alpha value is -1.35. The smallest absolute Gasteiger partial charge is 0.106 e. The molecule has 0 spiro atoms. The van der Waals surface area contributed by atoms with Gasteiger partial charge in [0.15, 0.2) is 0 Å². The monoisotopic (exact) mass is 257 g/mol. The highest BCUT2D eigenvalue weighted by atomic mass is 15.1. The molecule has 0 aliphatic heterocycles. The highest BCUT2D eigenvalue weighted by Crippen LogP contribution is 2.24. The molecule has 1 fully saturated rings. The van der Waals surface area contributed by atoms with Crippen molar-refractivity contribution >= 4 is 11.0 Å². The van der Waals surface area contributed by atoms with Gasteiger partial charge in [0.2, 0.25) is 0 Å². The molecular weight excluding hydrogens is 234 g/mol. The van der Waals surface area contributed by atoms with Gasteiger partial charge in [0.05, 0.1) is 11.0 Å². The lowest BCUT2D eigenvalue weighted by Crippen LogP contribution is -2.33. The van der Waals surface area contributed by atoms with Crippen LogP contribution < -0.4 is 5.32 Å². The summed E-state index contributed by atoms with van der Waals surface area (Å²) < 4.78 is 2.32. The molecule has 1 aliphatic carbocycles. The van der Waals surface area contributed by atoms with E-state index in [2.05, 4.69) is 53.0 Å². The molecule has 3 heteroatoms. The average molecular weight is 257 g/mol. The minimum atomic E-state index is 0.718. The van der Waals surface area contributed by atoms with E-state index in [9.17, 15) is 0 Å². The fraction of sp³-hybridized carbons (Fsp3) is 0.562. The number of imidazole rings is 1. The molecule has 2 atom stereocenters. The lowest BCUT2D eigenvalue weighted by Gasteiger charge is -2.17. The van der Waals surface area contributed by atoms with Crippen LogP contribution in [0.1, 0.15) is 32.0 Å². The number of rotatable bonds is 4. The molecule has 0 radical (unpaired) electrons. The summed E-state index contributed by atoms with van der Waals surface area (Å²) in [5.41, 5.74) is 2.36. The lowest BCUT2D eigenvalue weighted by molar-refractivity contribution is 0.417. The highest BCUT2D eigenvalue weighted by molar-refractivity contribution is 5.75. The van der Waals surface area contributed by atoms with Crippen molar-refractivity contribution in [3.8, 4) is 0 Å². The molecule has 1 heterocycles. The molecule has 102 valence electrons. The molecule has 0 bridgehead atoms. The molecule has 1 aromatic carbocycles. The number of hydrogen-bond donors (Lipinski definition) is 1. The van der Waals surface area contributed by atoms with Crippen LogP contribution in [0.25, 0.3) is 11.0 Å². The first-order chi connectivity index (χ1) is 9.25. The van der Waals surface area contributed by atoms with Gasteiger partial charge in [-0.3, -0.25) is 0 Å². The zero-order valence-electron chi connectivity index (χ0n) is 11.9. The molecule has 0 saturated heterocycles. The SMILES string of the molecule is Cc1nc2ccccc2n1CCNC1CCCC1C. The third kappa shape index (κ3) is 2.52. The molecule has 19 heavy (non-hydrogen) atoms. The van der Waals surface area contributed by atoms with Gasteiger partial charge in [-0.05, 0) is 37.8 Å². The van der Waals surface area contributed by atoms with E-state index in [4.69, 9.17) is 0 Å². The Morgan fingerprint density at radius 1 is 1.32 bits per heavy atom. The van der Waals surface area contributed by atoms with E-state index in [1.54, 1.807) is 0 Å². The van der Waals surface area contributed by atoms with E-state index in [1.807, 2.05) is 0 Å². The minimum Gasteiger partial charge on any atom is -0.327 e. The third-order valence-corrected chi connectivity index (χ3v) is 4.45. The summed E-state index contributed by atoms with van der Waals surface area (Å²) in [5, 5.41) is 3.71. The molecule has 1 aliphatic rings. The molecule has 1 aromatic heterocycles. The molecular formula is C16H23N3. The molecule has 2 unspecified atom stereocenters. The summed E-state index contributed by atoms with van der Waals surface area (Å²) in [4.78, 5) is 4.61. The molecule has 1 N–H and O–H groups in total. The lowest BCUT2D eigenvalue weighted by atomic mass is 10.1. The first kappa shape index (κ1) is 12.7. The molecule has 3 nitrogen and oxygen atoms in total. The van der Waals surface area contributed by atoms with Gasteiger partial charge in [-0.1, -0.05) is 25.5 Å². The fourth-order valence-electron chi connectivity index (χ4n) is 3.29. The minimum absolute atomic E-state index is 0.718. The van der Waals surface area contributed by atoms with Gasteiger partial charge in [-0.15, -0.1) is 0 Å². The Morgan fingerprint density at radius 2 is 2.16 bits per heavy atom. The Morgan fingerprint density at radius 3 is 2.95 bits per heavy atom. The van der Waals surface area contributed by atoms with Gasteiger partial charge in [-0.2, -0.15) is 0 Å². The third-order valence-electron chi connectivity index (χ3n) is 4.45. The first-order valence-corrected chi connectivity index (χ1v) is 7.41. The van der Waals surface area contributed by atoms with Crippen LogP contribution in [0.15, 0.2) is 24.3 Å². The summed E-state index contributed by atoms with van der Waals surface area (Å²) in [6, 6.07) is 9.11. The Balaban J connectivity index is 1.66. The first-order valence-electron chi connectivity index (χ1n) is 7.41. The maximum atomic E-state index is 4.61. The zero-order valence-corrected chi connectivity index (χ0v) is 11.9. The zero-order chi connectivity index (χ0) is 13.2. The predicted octanol–water partition coefficient (Wildman–Crippen LogP) is 3.12. The van der Waals surface area contributed by atoms with Crippen molar-refractivity contribution in [3.05, 3.63) is 30.1 Å². The Kier molecular flexibility index (Phi) is 3.56. The number of aryl methyl sites for hydroxylation is 1. The molecule has 3 rings (SSSR count). The van der Waals surface area contributed by atoms with Crippen LogP contribution in [0.3, 0.4) is 0 Å². The second kappa shape index (κ2) is 5.33. The summed E-state index contributed by atoms with van der Waals surface area (Å²) >= 11 is 0. The van der Waals surface area contributed by atoms with Crippen molar-refractivity contribution in [2.45, 2.75) is 45.7 Å². The van der Waals surface area contributed by atoms with E-state index < -0.39 is 0 Å². The van der Waals surface area contributed by atoms with E-state index in [0.29, 0.717) is 0 Å². The van der Waals surface area contributed by atoms with Crippen LogP contribution in [0.4, 0.5) is 0 Å². The second-order valence-corrected chi connectivity index (χ2v) is 5.77. The van der Waals surface area contributed by atoms with Gasteiger partial charge in [0.1, 0.15) is 5.82 Å². The summed E-state index contributed by atoms with van der Waals surface area (Å²) in [6.07, 6.45) is 4.10. The standard InChI is InChI=1S/C16H23N3/c1-12-6-5-8-14(12)17-10-11-19-13(2)18-15-7-3-4-9-16(15)19/h3-4,7,9,12,14,17H,5-6,8,10-11H2,1-2H3. The van der Waals surface area contributed by atoms with Gasteiger partial charge < -0.3 is 9.88 Å². The maximum absolute atomic E-state index is 4.61. The normalized spacial score (nSPS) is 23.3. The second-order valence-electron chi connectivity index (χ2n) is 5.77. The summed E-state index contributed by atoms with van der Waals surface area (Å²) in [7, 11) is 0. The van der Waals surface area contributed by atoms with Crippen molar-refractivity contribution in [2.75, 3.05) is 6.54 Å². The number of nitrogens with one attached hydrogen (secondary N) is 1. The number of fused-ring (bicyclic) bond motifs is 1. The Labute approximate surface area is 115 Å². The van der Waals surface area contributed by atoms with Crippen LogP contribution in [0, 0.1) is 12.8 Å². The molecule has 2 aromatic rings. The van der Waals surface area contributed by atoms with Crippen LogP contribution in [0.2, 0.25) is 0 Å². The number of aromatic nitrogens is 2. The van der Waals surface area contributed by atoms with Crippen LogP contribution in [0.5, 0.6) is 0 Å². The quantitative estimate of drug-likeness (QED) is 0.912. The van der Waals surface area contributed by atoms with Crippen LogP contribution in [-0.4, -0.2) is 22.1 Å². The summed E-state index contributed by atoms with van der Waals surface area (Å²) in [6.45, 7) is 6.51. The van der Waals surface area contributed by atoms with E-state index in [-0.39, 0.29) is 0 Å². The largest absolute Gasteiger partial charge is 0.327 e. The summed E-state index contributed by atoms with van der Waals surface area (Å²) in [5.74, 6) is 1.95. The van der Waals surface area contributed by atoms with Gasteiger partial charge in [0.25, 0.3) is 0 Å². The number of hydrogen-bond acceptors (Lipinski definition) is 2. The number of para-hydroxylation sites is 2. The highest BCUT2D eigenvalue weighted by Gasteiger charge is 2.22. The topological polar surface area (TPSA) is 29.9 Å². The fourth-order valence-corrected chi connectivity index (χ4v) is 3.29. The van der Waals surface area contributed by atoms with E-state index in [0.717, 1.165) is 36.4 Å². The van der Waals surface area contributed by atoms with Crippen LogP contribution in [-0.2, 0) is 6.54 Å². The number of nitrogens with zero attached hydrogens (tertiary/aromatic N) is 2. The van der Waals surface area contributed by atoms with Gasteiger partial charge >= 0.3 is 0 Å². The van der Waals surface area contributed by atoms with Crippen molar-refractivity contribution in [3.63, 3.8) is 0 Å².